The number of fused-ring (bicyclic) bond motifs is 1. The van der Waals surface area contributed by atoms with Gasteiger partial charge >= 0.3 is 6.03 Å². The van der Waals surface area contributed by atoms with E-state index in [2.05, 4.69) is 17.4 Å². The van der Waals surface area contributed by atoms with Gasteiger partial charge in [0.05, 0.1) is 6.04 Å². The lowest BCUT2D eigenvalue weighted by Gasteiger charge is -2.45. The molecule has 4 rings (SSSR count). The van der Waals surface area contributed by atoms with Crippen molar-refractivity contribution in [2.24, 2.45) is 0 Å². The Kier molecular flexibility index (Phi) is 4.87. The molecule has 5 heteroatoms. The van der Waals surface area contributed by atoms with Crippen LogP contribution in [0, 0.1) is 5.82 Å². The van der Waals surface area contributed by atoms with Crippen LogP contribution in [0.3, 0.4) is 0 Å². The molecule has 1 aliphatic carbocycles. The lowest BCUT2D eigenvalue weighted by Crippen LogP contribution is -2.56. The number of carbonyl (C=O) groups is 1. The summed E-state index contributed by atoms with van der Waals surface area (Å²) in [5.41, 5.74) is 3.35. The van der Waals surface area contributed by atoms with E-state index in [4.69, 9.17) is 0 Å². The van der Waals surface area contributed by atoms with Crippen molar-refractivity contribution in [2.45, 2.75) is 37.4 Å². The van der Waals surface area contributed by atoms with Crippen LogP contribution in [-0.4, -0.2) is 48.6 Å². The number of carbonyl (C=O) groups excluding carboxylic acids is 1. The van der Waals surface area contributed by atoms with E-state index in [1.807, 2.05) is 36.0 Å². The van der Waals surface area contributed by atoms with Crippen molar-refractivity contribution in [3.63, 3.8) is 0 Å². The molecular formula is C22H26FN3O. The quantitative estimate of drug-likeness (QED) is 0.900. The predicted octanol–water partition coefficient (Wildman–Crippen LogP) is 3.58. The highest BCUT2D eigenvalue weighted by molar-refractivity contribution is 5.76. The summed E-state index contributed by atoms with van der Waals surface area (Å²) >= 11 is 0. The van der Waals surface area contributed by atoms with E-state index in [0.717, 1.165) is 30.4 Å². The third-order valence-electron chi connectivity index (χ3n) is 6.09. The molecule has 4 nitrogen and oxygen atoms in total. The van der Waals surface area contributed by atoms with Crippen LogP contribution in [0.5, 0.6) is 0 Å². The second kappa shape index (κ2) is 7.31. The van der Waals surface area contributed by atoms with Gasteiger partial charge in [-0.15, -0.1) is 0 Å². The second-order valence-electron chi connectivity index (χ2n) is 7.60. The summed E-state index contributed by atoms with van der Waals surface area (Å²) in [6.07, 6.45) is 2.83. The zero-order chi connectivity index (χ0) is 19.0. The van der Waals surface area contributed by atoms with Crippen molar-refractivity contribution in [2.75, 3.05) is 20.6 Å². The normalized spacial score (nSPS) is 24.1. The maximum Gasteiger partial charge on any atom is 0.320 e. The first-order valence-electron chi connectivity index (χ1n) is 9.62. The van der Waals surface area contributed by atoms with Gasteiger partial charge in [-0.2, -0.15) is 0 Å². The summed E-state index contributed by atoms with van der Waals surface area (Å²) in [5, 5.41) is 3.27. The van der Waals surface area contributed by atoms with E-state index in [-0.39, 0.29) is 23.9 Å². The van der Waals surface area contributed by atoms with Crippen molar-refractivity contribution in [3.05, 3.63) is 71.0 Å². The molecule has 1 N–H and O–H groups in total. The van der Waals surface area contributed by atoms with Gasteiger partial charge in [0, 0.05) is 25.7 Å². The number of halogens is 1. The molecule has 1 aliphatic heterocycles. The molecule has 2 amide bonds. The molecule has 1 saturated carbocycles. The number of rotatable bonds is 3. The van der Waals surface area contributed by atoms with Crippen molar-refractivity contribution < 1.29 is 9.18 Å². The van der Waals surface area contributed by atoms with E-state index in [9.17, 15) is 9.18 Å². The highest BCUT2D eigenvalue weighted by atomic mass is 19.1. The van der Waals surface area contributed by atoms with Crippen molar-refractivity contribution >= 4 is 6.03 Å². The number of benzene rings is 2. The lowest BCUT2D eigenvalue weighted by molar-refractivity contribution is 0.0973. The van der Waals surface area contributed by atoms with E-state index < -0.39 is 0 Å². The Balaban J connectivity index is 1.64. The first kappa shape index (κ1) is 18.0. The van der Waals surface area contributed by atoms with Crippen molar-refractivity contribution in [1.29, 1.82) is 0 Å². The molecule has 0 saturated heterocycles. The molecule has 0 aromatic heterocycles. The summed E-state index contributed by atoms with van der Waals surface area (Å²) in [7, 11) is 3.87. The Hall–Kier alpha value is -2.40. The largest absolute Gasteiger partial charge is 0.325 e. The third kappa shape index (κ3) is 3.32. The predicted molar refractivity (Wildman–Crippen MR) is 104 cm³/mol. The van der Waals surface area contributed by atoms with Gasteiger partial charge in [-0.3, -0.25) is 0 Å². The molecule has 2 aromatic carbocycles. The lowest BCUT2D eigenvalue weighted by atomic mass is 9.85. The molecule has 1 heterocycles. The van der Waals surface area contributed by atoms with Crippen LogP contribution < -0.4 is 5.32 Å². The molecular weight excluding hydrogens is 341 g/mol. The fourth-order valence-corrected chi connectivity index (χ4v) is 4.28. The summed E-state index contributed by atoms with van der Waals surface area (Å²) in [5.74, 6) is -0.259. The minimum atomic E-state index is -0.259. The minimum Gasteiger partial charge on any atom is -0.325 e. The van der Waals surface area contributed by atoms with Crippen molar-refractivity contribution in [3.8, 4) is 0 Å². The summed E-state index contributed by atoms with van der Waals surface area (Å²) in [6, 6.07) is 15.5. The zero-order valence-corrected chi connectivity index (χ0v) is 15.9. The topological polar surface area (TPSA) is 35.6 Å². The zero-order valence-electron chi connectivity index (χ0n) is 15.9. The standard InChI is InChI=1S/C22H26FN3O/c1-24-18-13-19(14-18)25(2)22(27)26-12-11-15-5-3-4-6-20(15)21(26)16-7-9-17(23)10-8-16/h3-10,18-19,21,24H,11-14H2,1-2H3/t18-,19+,21-/m0/s1. The molecule has 0 radical (unpaired) electrons. The van der Waals surface area contributed by atoms with Gasteiger partial charge in [-0.05, 0) is 55.1 Å². The summed E-state index contributed by atoms with van der Waals surface area (Å²) in [4.78, 5) is 17.2. The Morgan fingerprint density at radius 2 is 1.85 bits per heavy atom. The van der Waals surface area contributed by atoms with Crippen LogP contribution in [0.4, 0.5) is 9.18 Å². The number of nitrogens with one attached hydrogen (secondary N) is 1. The Bertz CT molecular complexity index is 817. The Morgan fingerprint density at radius 1 is 1.15 bits per heavy atom. The second-order valence-corrected chi connectivity index (χ2v) is 7.60. The monoisotopic (exact) mass is 367 g/mol. The number of amides is 2. The van der Waals surface area contributed by atoms with E-state index in [1.54, 1.807) is 12.1 Å². The van der Waals surface area contributed by atoms with Gasteiger partial charge in [0.25, 0.3) is 0 Å². The van der Waals surface area contributed by atoms with Gasteiger partial charge in [0.15, 0.2) is 0 Å². The van der Waals surface area contributed by atoms with Crippen LogP contribution in [0.25, 0.3) is 0 Å². The summed E-state index contributed by atoms with van der Waals surface area (Å²) in [6.45, 7) is 0.671. The molecule has 1 fully saturated rings. The van der Waals surface area contributed by atoms with Crippen LogP contribution in [0.1, 0.15) is 35.6 Å². The van der Waals surface area contributed by atoms with Gasteiger partial charge < -0.3 is 15.1 Å². The smallest absolute Gasteiger partial charge is 0.320 e. The number of hydrogen-bond acceptors (Lipinski definition) is 2. The fraction of sp³-hybridized carbons (Fsp3) is 0.409. The first-order chi connectivity index (χ1) is 13.1. The molecule has 0 bridgehead atoms. The Labute approximate surface area is 160 Å². The van der Waals surface area contributed by atoms with Crippen molar-refractivity contribution in [1.82, 2.24) is 15.1 Å². The summed E-state index contributed by atoms with van der Waals surface area (Å²) < 4.78 is 13.5. The van der Waals surface area contributed by atoms with Gasteiger partial charge in [0.2, 0.25) is 0 Å². The third-order valence-corrected chi connectivity index (χ3v) is 6.09. The highest BCUT2D eigenvalue weighted by Gasteiger charge is 2.38. The molecule has 0 spiro atoms. The first-order valence-corrected chi connectivity index (χ1v) is 9.62. The van der Waals surface area contributed by atoms with Crippen LogP contribution in [0.15, 0.2) is 48.5 Å². The molecule has 2 aliphatic rings. The molecule has 0 unspecified atom stereocenters. The van der Waals surface area contributed by atoms with E-state index in [0.29, 0.717) is 12.6 Å². The fourth-order valence-electron chi connectivity index (χ4n) is 4.28. The number of hydrogen-bond donors (Lipinski definition) is 1. The maximum atomic E-state index is 13.5. The maximum absolute atomic E-state index is 13.5. The molecule has 142 valence electrons. The average molecular weight is 367 g/mol. The van der Waals surface area contributed by atoms with E-state index in [1.165, 1.54) is 17.7 Å². The molecule has 27 heavy (non-hydrogen) atoms. The SMILES string of the molecule is CN[C@H]1C[C@@H](N(C)C(=O)N2CCc3ccccc3[C@@H]2c2ccc(F)cc2)C1. The minimum absolute atomic E-state index is 0.0541. The number of urea groups is 1. The molecule has 1 atom stereocenters. The Morgan fingerprint density at radius 3 is 2.56 bits per heavy atom. The van der Waals surface area contributed by atoms with Crippen LogP contribution in [-0.2, 0) is 6.42 Å². The van der Waals surface area contributed by atoms with Crippen LogP contribution in [0.2, 0.25) is 0 Å². The van der Waals surface area contributed by atoms with Gasteiger partial charge in [-0.1, -0.05) is 36.4 Å². The highest BCUT2D eigenvalue weighted by Crippen LogP contribution is 2.36. The van der Waals surface area contributed by atoms with Gasteiger partial charge in [0.1, 0.15) is 5.82 Å². The van der Waals surface area contributed by atoms with Crippen LogP contribution >= 0.6 is 0 Å². The van der Waals surface area contributed by atoms with Gasteiger partial charge in [-0.25, -0.2) is 9.18 Å². The number of nitrogens with zero attached hydrogens (tertiary/aromatic N) is 2. The average Bonchev–Trinajstić information content (AvgIpc) is 2.66. The molecule has 2 aromatic rings. The van der Waals surface area contributed by atoms with E-state index >= 15 is 0 Å².